The Morgan fingerprint density at radius 3 is 2.32 bits per heavy atom. The molecule has 1 aromatic heterocycles. The number of aromatic nitrogens is 1. The molecule has 0 aliphatic carbocycles. The van der Waals surface area contributed by atoms with Crippen molar-refractivity contribution in [1.82, 2.24) is 19.7 Å². The van der Waals surface area contributed by atoms with Crippen LogP contribution in [-0.4, -0.2) is 77.6 Å². The third kappa shape index (κ3) is 5.64. The van der Waals surface area contributed by atoms with Gasteiger partial charge in [0.25, 0.3) is 5.91 Å². The van der Waals surface area contributed by atoms with Crippen molar-refractivity contribution < 1.29 is 14.3 Å². The van der Waals surface area contributed by atoms with Crippen LogP contribution >= 0.6 is 11.6 Å². The minimum absolute atomic E-state index is 0.0722. The summed E-state index contributed by atoms with van der Waals surface area (Å²) in [5.41, 5.74) is 4.33. The summed E-state index contributed by atoms with van der Waals surface area (Å²) < 4.78 is 5.22. The molecule has 8 heteroatoms. The first-order chi connectivity index (χ1) is 18.4. The number of likely N-dealkylation sites (tertiary alicyclic amines) is 1. The first kappa shape index (κ1) is 26.4. The van der Waals surface area contributed by atoms with Crippen molar-refractivity contribution in [3.05, 3.63) is 64.7 Å². The SMILES string of the molecule is CCCOC(=O)N1CCN(C(=O)c2ccc3c(Cl)cc(-c4ccc(C(C)N5CCCC5)cc4)nc3c2)CC1. The molecule has 1 unspecified atom stereocenters. The van der Waals surface area contributed by atoms with Gasteiger partial charge in [0.1, 0.15) is 0 Å². The number of benzene rings is 2. The molecule has 1 atom stereocenters. The number of amides is 2. The first-order valence-electron chi connectivity index (χ1n) is 13.6. The van der Waals surface area contributed by atoms with E-state index in [1.807, 2.05) is 25.1 Å². The third-order valence-corrected chi connectivity index (χ3v) is 7.95. The highest BCUT2D eigenvalue weighted by atomic mass is 35.5. The summed E-state index contributed by atoms with van der Waals surface area (Å²) in [4.78, 5) is 36.2. The summed E-state index contributed by atoms with van der Waals surface area (Å²) in [6, 6.07) is 16.3. The highest BCUT2D eigenvalue weighted by Gasteiger charge is 2.26. The van der Waals surface area contributed by atoms with Gasteiger partial charge in [-0.25, -0.2) is 9.78 Å². The van der Waals surface area contributed by atoms with E-state index in [1.165, 1.54) is 18.4 Å². The van der Waals surface area contributed by atoms with E-state index in [9.17, 15) is 9.59 Å². The minimum atomic E-state index is -0.311. The molecular formula is C30H35ClN4O3. The van der Waals surface area contributed by atoms with E-state index >= 15 is 0 Å². The monoisotopic (exact) mass is 534 g/mol. The van der Waals surface area contributed by atoms with Crippen LogP contribution in [0.3, 0.4) is 0 Å². The lowest BCUT2D eigenvalue weighted by molar-refractivity contribution is 0.0560. The standard InChI is InChI=1S/C30H35ClN4O3/c1-3-18-38-30(37)35-16-14-34(15-17-35)29(36)24-10-11-25-26(31)20-27(32-28(25)19-24)23-8-6-22(7-9-23)21(2)33-12-4-5-13-33/h6-11,19-21H,3-5,12-18H2,1-2H3. The molecule has 2 aromatic carbocycles. The van der Waals surface area contributed by atoms with Crippen molar-refractivity contribution in [1.29, 1.82) is 0 Å². The normalized spacial score (nSPS) is 17.1. The number of pyridine rings is 1. The maximum absolute atomic E-state index is 13.3. The second-order valence-corrected chi connectivity index (χ2v) is 10.6. The number of fused-ring (bicyclic) bond motifs is 1. The number of rotatable bonds is 6. The van der Waals surface area contributed by atoms with Crippen LogP contribution in [0, 0.1) is 0 Å². The third-order valence-electron chi connectivity index (χ3n) is 7.64. The van der Waals surface area contributed by atoms with Crippen molar-refractivity contribution in [2.24, 2.45) is 0 Å². The molecule has 2 amide bonds. The largest absolute Gasteiger partial charge is 0.449 e. The number of nitrogens with zero attached hydrogens (tertiary/aromatic N) is 4. The smallest absolute Gasteiger partial charge is 0.409 e. The summed E-state index contributed by atoms with van der Waals surface area (Å²) >= 11 is 6.65. The number of ether oxygens (including phenoxy) is 1. The molecule has 2 aliphatic heterocycles. The van der Waals surface area contributed by atoms with Gasteiger partial charge in [-0.1, -0.05) is 48.9 Å². The summed E-state index contributed by atoms with van der Waals surface area (Å²) in [6.45, 7) is 8.81. The molecular weight excluding hydrogens is 500 g/mol. The van der Waals surface area contributed by atoms with E-state index in [0.717, 1.165) is 36.2 Å². The number of carbonyl (C=O) groups excluding carboxylic acids is 2. The molecule has 2 fully saturated rings. The Kier molecular flexibility index (Phi) is 8.15. The van der Waals surface area contributed by atoms with Gasteiger partial charge in [0.15, 0.2) is 0 Å². The lowest BCUT2D eigenvalue weighted by Crippen LogP contribution is -2.50. The fraction of sp³-hybridized carbons (Fsp3) is 0.433. The maximum Gasteiger partial charge on any atom is 0.409 e. The molecule has 3 aromatic rings. The Morgan fingerprint density at radius 2 is 1.63 bits per heavy atom. The number of hydrogen-bond acceptors (Lipinski definition) is 5. The van der Waals surface area contributed by atoms with Gasteiger partial charge in [-0.3, -0.25) is 9.69 Å². The molecule has 200 valence electrons. The molecule has 0 radical (unpaired) electrons. The van der Waals surface area contributed by atoms with E-state index in [0.29, 0.717) is 54.9 Å². The molecule has 38 heavy (non-hydrogen) atoms. The average molecular weight is 535 g/mol. The molecule has 0 bridgehead atoms. The molecule has 0 saturated carbocycles. The zero-order valence-corrected chi connectivity index (χ0v) is 22.9. The zero-order chi connectivity index (χ0) is 26.6. The predicted octanol–water partition coefficient (Wildman–Crippen LogP) is 6.02. The van der Waals surface area contributed by atoms with Crippen LogP contribution in [0.15, 0.2) is 48.5 Å². The molecule has 7 nitrogen and oxygen atoms in total. The average Bonchev–Trinajstić information content (AvgIpc) is 3.50. The van der Waals surface area contributed by atoms with E-state index in [1.54, 1.807) is 15.9 Å². The Bertz CT molecular complexity index is 1300. The van der Waals surface area contributed by atoms with Crippen LogP contribution in [-0.2, 0) is 4.74 Å². The quantitative estimate of drug-likeness (QED) is 0.387. The van der Waals surface area contributed by atoms with Crippen LogP contribution in [0.4, 0.5) is 4.79 Å². The molecule has 2 saturated heterocycles. The molecule has 2 aliphatic rings. The lowest BCUT2D eigenvalue weighted by Gasteiger charge is -2.34. The van der Waals surface area contributed by atoms with Crippen molar-refractivity contribution in [2.75, 3.05) is 45.9 Å². The Balaban J connectivity index is 1.31. The van der Waals surface area contributed by atoms with Crippen LogP contribution < -0.4 is 0 Å². The summed E-state index contributed by atoms with van der Waals surface area (Å²) in [7, 11) is 0. The van der Waals surface area contributed by atoms with Gasteiger partial charge in [0.2, 0.25) is 0 Å². The highest BCUT2D eigenvalue weighted by molar-refractivity contribution is 6.35. The summed E-state index contributed by atoms with van der Waals surface area (Å²) in [6.07, 6.45) is 3.02. The van der Waals surface area contributed by atoms with E-state index in [-0.39, 0.29) is 12.0 Å². The van der Waals surface area contributed by atoms with Gasteiger partial charge < -0.3 is 14.5 Å². The van der Waals surface area contributed by atoms with Crippen molar-refractivity contribution in [3.63, 3.8) is 0 Å². The second kappa shape index (κ2) is 11.7. The fourth-order valence-electron chi connectivity index (χ4n) is 5.29. The van der Waals surface area contributed by atoms with Crippen LogP contribution in [0.1, 0.15) is 55.1 Å². The number of hydrogen-bond donors (Lipinski definition) is 0. The van der Waals surface area contributed by atoms with Gasteiger partial charge in [-0.2, -0.15) is 0 Å². The highest BCUT2D eigenvalue weighted by Crippen LogP contribution is 2.31. The van der Waals surface area contributed by atoms with Gasteiger partial charge in [0.05, 0.1) is 22.8 Å². The summed E-state index contributed by atoms with van der Waals surface area (Å²) in [5, 5.41) is 1.42. The zero-order valence-electron chi connectivity index (χ0n) is 22.2. The van der Waals surface area contributed by atoms with E-state index < -0.39 is 0 Å². The molecule has 3 heterocycles. The maximum atomic E-state index is 13.3. The topological polar surface area (TPSA) is 66.0 Å². The van der Waals surface area contributed by atoms with Gasteiger partial charge in [0, 0.05) is 48.7 Å². The number of halogens is 1. The van der Waals surface area contributed by atoms with Gasteiger partial charge in [-0.15, -0.1) is 0 Å². The van der Waals surface area contributed by atoms with Crippen LogP contribution in [0.25, 0.3) is 22.2 Å². The van der Waals surface area contributed by atoms with E-state index in [4.69, 9.17) is 21.3 Å². The Labute approximate surface area is 229 Å². The number of piperazine rings is 1. The minimum Gasteiger partial charge on any atom is -0.449 e. The lowest BCUT2D eigenvalue weighted by atomic mass is 10.0. The fourth-order valence-corrected chi connectivity index (χ4v) is 5.56. The van der Waals surface area contributed by atoms with Crippen molar-refractivity contribution in [3.8, 4) is 11.3 Å². The Morgan fingerprint density at radius 1 is 0.947 bits per heavy atom. The van der Waals surface area contributed by atoms with Crippen molar-refractivity contribution in [2.45, 2.75) is 39.2 Å². The first-order valence-corrected chi connectivity index (χ1v) is 14.0. The molecule has 0 spiro atoms. The Hall–Kier alpha value is -3.16. The van der Waals surface area contributed by atoms with Gasteiger partial charge in [-0.05, 0) is 63.0 Å². The predicted molar refractivity (Wildman–Crippen MR) is 151 cm³/mol. The van der Waals surface area contributed by atoms with Crippen LogP contribution in [0.2, 0.25) is 5.02 Å². The molecule has 5 rings (SSSR count). The second-order valence-electron chi connectivity index (χ2n) is 10.2. The molecule has 0 N–H and O–H groups in total. The summed E-state index contributed by atoms with van der Waals surface area (Å²) in [5.74, 6) is -0.0722. The van der Waals surface area contributed by atoms with E-state index in [2.05, 4.69) is 36.1 Å². The van der Waals surface area contributed by atoms with Gasteiger partial charge >= 0.3 is 6.09 Å². The van der Waals surface area contributed by atoms with Crippen LogP contribution in [0.5, 0.6) is 0 Å². The van der Waals surface area contributed by atoms with Crippen molar-refractivity contribution >= 4 is 34.5 Å². The number of carbonyl (C=O) groups is 2.